The maximum atomic E-state index is 11.3. The molecule has 4 nitrogen and oxygen atoms in total. The Labute approximate surface area is 71.1 Å². The van der Waals surface area contributed by atoms with Gasteiger partial charge in [-0.1, -0.05) is 13.8 Å². The third-order valence-electron chi connectivity index (χ3n) is 2.44. The Morgan fingerprint density at radius 1 is 1.67 bits per heavy atom. The number of hydrogen-bond acceptors (Lipinski definition) is 3. The summed E-state index contributed by atoms with van der Waals surface area (Å²) in [6.45, 7) is 3.65. The first-order chi connectivity index (χ1) is 5.42. The van der Waals surface area contributed by atoms with E-state index in [1.807, 2.05) is 13.8 Å². The van der Waals surface area contributed by atoms with Crippen molar-refractivity contribution < 1.29 is 9.72 Å². The molecule has 1 aliphatic rings. The molecule has 0 spiro atoms. The van der Waals surface area contributed by atoms with E-state index in [0.29, 0.717) is 12.8 Å². The van der Waals surface area contributed by atoms with Gasteiger partial charge >= 0.3 is 0 Å². The zero-order valence-electron chi connectivity index (χ0n) is 7.37. The molecule has 0 aliphatic heterocycles. The van der Waals surface area contributed by atoms with E-state index in [0.717, 1.165) is 0 Å². The van der Waals surface area contributed by atoms with E-state index in [1.54, 1.807) is 0 Å². The fraction of sp³-hybridized carbons (Fsp3) is 0.875. The average molecular weight is 171 g/mol. The Kier molecular flexibility index (Phi) is 2.17. The summed E-state index contributed by atoms with van der Waals surface area (Å²) < 4.78 is 0. The van der Waals surface area contributed by atoms with Crippen molar-refractivity contribution in [1.29, 1.82) is 0 Å². The van der Waals surface area contributed by atoms with Crippen LogP contribution >= 0.6 is 0 Å². The van der Waals surface area contributed by atoms with Crippen molar-refractivity contribution in [2.45, 2.75) is 26.7 Å². The number of ketones is 1. The van der Waals surface area contributed by atoms with Crippen molar-refractivity contribution in [2.75, 3.05) is 6.54 Å². The Balaban J connectivity index is 2.55. The molecule has 0 radical (unpaired) electrons. The zero-order chi connectivity index (χ0) is 9.35. The number of nitrogens with zero attached hydrogens (tertiary/aromatic N) is 1. The lowest BCUT2D eigenvalue weighted by molar-refractivity contribution is -0.488. The largest absolute Gasteiger partial charge is 0.299 e. The maximum absolute atomic E-state index is 11.3. The highest BCUT2D eigenvalue weighted by atomic mass is 16.6. The van der Waals surface area contributed by atoms with E-state index in [-0.39, 0.29) is 28.6 Å². The van der Waals surface area contributed by atoms with E-state index in [1.165, 1.54) is 0 Å². The third-order valence-corrected chi connectivity index (χ3v) is 2.44. The first-order valence-corrected chi connectivity index (χ1v) is 4.07. The van der Waals surface area contributed by atoms with E-state index in [2.05, 4.69) is 0 Å². The number of Topliss-reactive ketones (excluding diaryl/α,β-unsaturated/α-hetero) is 1. The molecule has 0 heterocycles. The van der Waals surface area contributed by atoms with Crippen molar-refractivity contribution in [2.24, 2.45) is 11.3 Å². The lowest BCUT2D eigenvalue weighted by Crippen LogP contribution is -2.16. The fourth-order valence-corrected chi connectivity index (χ4v) is 1.79. The van der Waals surface area contributed by atoms with Gasteiger partial charge < -0.3 is 0 Å². The highest BCUT2D eigenvalue weighted by molar-refractivity contribution is 5.86. The third kappa shape index (κ3) is 1.81. The lowest BCUT2D eigenvalue weighted by Gasteiger charge is -2.13. The second kappa shape index (κ2) is 2.84. The minimum atomic E-state index is -0.334. The van der Waals surface area contributed by atoms with Crippen LogP contribution in [-0.2, 0) is 4.79 Å². The standard InChI is InChI=1S/C8H13NO3/c1-8(2)4-6(3-7(8)10)5-9(11)12/h6H,3-5H2,1-2H3. The number of carbonyl (C=O) groups is 1. The van der Waals surface area contributed by atoms with Crippen LogP contribution in [0.1, 0.15) is 26.7 Å². The summed E-state index contributed by atoms with van der Waals surface area (Å²) in [5.41, 5.74) is -0.333. The molecule has 1 saturated carbocycles. The molecule has 0 saturated heterocycles. The van der Waals surface area contributed by atoms with Gasteiger partial charge in [0.15, 0.2) is 0 Å². The SMILES string of the molecule is CC1(C)CC(C[N+](=O)[O-])CC1=O. The van der Waals surface area contributed by atoms with Gasteiger partial charge in [0.2, 0.25) is 6.54 Å². The summed E-state index contributed by atoms with van der Waals surface area (Å²) in [6, 6.07) is 0. The summed E-state index contributed by atoms with van der Waals surface area (Å²) in [5, 5.41) is 10.2. The molecular weight excluding hydrogens is 158 g/mol. The highest BCUT2D eigenvalue weighted by Crippen LogP contribution is 2.37. The van der Waals surface area contributed by atoms with Gasteiger partial charge in [-0.15, -0.1) is 0 Å². The van der Waals surface area contributed by atoms with Crippen LogP contribution in [0, 0.1) is 21.4 Å². The molecule has 1 atom stereocenters. The first kappa shape index (κ1) is 9.16. The van der Waals surface area contributed by atoms with Gasteiger partial charge in [0.05, 0.1) is 0 Å². The molecule has 0 aromatic carbocycles. The van der Waals surface area contributed by atoms with Crippen molar-refractivity contribution >= 4 is 5.78 Å². The van der Waals surface area contributed by atoms with Crippen molar-refractivity contribution in [1.82, 2.24) is 0 Å². The van der Waals surface area contributed by atoms with Crippen LogP contribution in [0.15, 0.2) is 0 Å². The van der Waals surface area contributed by atoms with Crippen LogP contribution in [0.5, 0.6) is 0 Å². The minimum absolute atomic E-state index is 0.0394. The molecule has 1 unspecified atom stereocenters. The van der Waals surface area contributed by atoms with E-state index >= 15 is 0 Å². The maximum Gasteiger partial charge on any atom is 0.207 e. The Morgan fingerprint density at radius 3 is 2.58 bits per heavy atom. The number of carbonyl (C=O) groups excluding carboxylic acids is 1. The Morgan fingerprint density at radius 2 is 2.25 bits per heavy atom. The lowest BCUT2D eigenvalue weighted by atomic mass is 9.90. The predicted octanol–water partition coefficient (Wildman–Crippen LogP) is 1.27. The van der Waals surface area contributed by atoms with Gasteiger partial charge in [-0.25, -0.2) is 0 Å². The molecule has 1 rings (SSSR count). The first-order valence-electron chi connectivity index (χ1n) is 4.07. The van der Waals surface area contributed by atoms with Crippen LogP contribution in [0.3, 0.4) is 0 Å². The van der Waals surface area contributed by atoms with Gasteiger partial charge in [-0.05, 0) is 6.42 Å². The summed E-state index contributed by atoms with van der Waals surface area (Å²) in [4.78, 5) is 21.1. The van der Waals surface area contributed by atoms with Crippen LogP contribution in [0.2, 0.25) is 0 Å². The molecule has 0 amide bonds. The Bertz CT molecular complexity index is 222. The number of rotatable bonds is 2. The van der Waals surface area contributed by atoms with E-state index < -0.39 is 0 Å². The zero-order valence-corrected chi connectivity index (χ0v) is 7.37. The molecule has 0 aromatic rings. The van der Waals surface area contributed by atoms with Crippen LogP contribution in [0.4, 0.5) is 0 Å². The highest BCUT2D eigenvalue weighted by Gasteiger charge is 2.40. The second-order valence-corrected chi connectivity index (χ2v) is 4.10. The molecular formula is C8H13NO3. The Hall–Kier alpha value is -0.930. The summed E-state index contributed by atoms with van der Waals surface area (Å²) in [6.07, 6.45) is 1.04. The van der Waals surface area contributed by atoms with Gasteiger partial charge in [0, 0.05) is 22.7 Å². The number of nitro groups is 1. The van der Waals surface area contributed by atoms with Crippen LogP contribution in [-0.4, -0.2) is 17.3 Å². The van der Waals surface area contributed by atoms with Gasteiger partial charge in [-0.3, -0.25) is 14.9 Å². The van der Waals surface area contributed by atoms with Crippen molar-refractivity contribution in [3.63, 3.8) is 0 Å². The topological polar surface area (TPSA) is 60.2 Å². The van der Waals surface area contributed by atoms with Crippen LogP contribution < -0.4 is 0 Å². The summed E-state index contributed by atoms with van der Waals surface area (Å²) in [7, 11) is 0. The van der Waals surface area contributed by atoms with Crippen LogP contribution in [0.25, 0.3) is 0 Å². The molecule has 0 bridgehead atoms. The van der Waals surface area contributed by atoms with Gasteiger partial charge in [0.25, 0.3) is 0 Å². The quantitative estimate of drug-likeness (QED) is 0.464. The van der Waals surface area contributed by atoms with Crippen molar-refractivity contribution in [3.8, 4) is 0 Å². The molecule has 1 aliphatic carbocycles. The summed E-state index contributed by atoms with van der Waals surface area (Å²) >= 11 is 0. The van der Waals surface area contributed by atoms with Gasteiger partial charge in [-0.2, -0.15) is 0 Å². The minimum Gasteiger partial charge on any atom is -0.299 e. The second-order valence-electron chi connectivity index (χ2n) is 4.10. The van der Waals surface area contributed by atoms with E-state index in [4.69, 9.17) is 0 Å². The van der Waals surface area contributed by atoms with E-state index in [9.17, 15) is 14.9 Å². The molecule has 1 fully saturated rings. The molecule has 0 N–H and O–H groups in total. The predicted molar refractivity (Wildman–Crippen MR) is 43.4 cm³/mol. The normalized spacial score (nSPS) is 27.5. The summed E-state index contributed by atoms with van der Waals surface area (Å²) in [5.74, 6) is 0.122. The smallest absolute Gasteiger partial charge is 0.207 e. The molecule has 12 heavy (non-hydrogen) atoms. The number of hydrogen-bond donors (Lipinski definition) is 0. The monoisotopic (exact) mass is 171 g/mol. The fourth-order valence-electron chi connectivity index (χ4n) is 1.79. The van der Waals surface area contributed by atoms with Crippen molar-refractivity contribution in [3.05, 3.63) is 10.1 Å². The molecule has 4 heteroatoms. The average Bonchev–Trinajstić information content (AvgIpc) is 2.04. The molecule has 0 aromatic heterocycles. The van der Waals surface area contributed by atoms with Gasteiger partial charge in [0.1, 0.15) is 5.78 Å². The molecule has 68 valence electrons.